The summed E-state index contributed by atoms with van der Waals surface area (Å²) < 4.78 is 7.50. The lowest BCUT2D eigenvalue weighted by molar-refractivity contribution is 0.210. The van der Waals surface area contributed by atoms with Crippen LogP contribution < -0.4 is 10.1 Å². The monoisotopic (exact) mass is 300 g/mol. The summed E-state index contributed by atoms with van der Waals surface area (Å²) in [6, 6.07) is 7.34. The summed E-state index contributed by atoms with van der Waals surface area (Å²) in [7, 11) is 0. The number of carbonyl (C=O) groups is 1. The van der Waals surface area contributed by atoms with E-state index in [-0.39, 0.29) is 6.03 Å². The summed E-state index contributed by atoms with van der Waals surface area (Å²) >= 11 is 0. The SMILES string of the molecule is CCOc1ccc(NC(=O)N2CCCn3cncc3C2)cc1. The number of ether oxygens (including phenoxy) is 1. The Hall–Kier alpha value is -2.50. The zero-order chi connectivity index (χ0) is 15.4. The van der Waals surface area contributed by atoms with E-state index in [0.29, 0.717) is 13.2 Å². The summed E-state index contributed by atoms with van der Waals surface area (Å²) in [5.41, 5.74) is 1.84. The zero-order valence-electron chi connectivity index (χ0n) is 12.7. The van der Waals surface area contributed by atoms with Gasteiger partial charge in [-0.15, -0.1) is 0 Å². The molecule has 0 saturated carbocycles. The molecule has 0 saturated heterocycles. The van der Waals surface area contributed by atoms with Crippen LogP contribution in [-0.4, -0.2) is 33.6 Å². The Balaban J connectivity index is 1.64. The first-order valence-electron chi connectivity index (χ1n) is 7.54. The minimum absolute atomic E-state index is 0.0844. The fourth-order valence-electron chi connectivity index (χ4n) is 2.56. The summed E-state index contributed by atoms with van der Waals surface area (Å²) in [4.78, 5) is 18.4. The Morgan fingerprint density at radius 2 is 2.14 bits per heavy atom. The van der Waals surface area contributed by atoms with Crippen LogP contribution in [0.2, 0.25) is 0 Å². The number of aryl methyl sites for hydroxylation is 1. The van der Waals surface area contributed by atoms with Gasteiger partial charge in [0, 0.05) is 25.0 Å². The second-order valence-corrected chi connectivity index (χ2v) is 5.24. The summed E-state index contributed by atoms with van der Waals surface area (Å²) in [5, 5.41) is 2.93. The molecule has 6 nitrogen and oxygen atoms in total. The Kier molecular flexibility index (Phi) is 4.27. The van der Waals surface area contributed by atoms with Crippen LogP contribution in [0.25, 0.3) is 0 Å². The van der Waals surface area contributed by atoms with Crippen molar-refractivity contribution in [1.29, 1.82) is 0 Å². The van der Waals surface area contributed by atoms with Crippen LogP contribution in [0.15, 0.2) is 36.8 Å². The second-order valence-electron chi connectivity index (χ2n) is 5.24. The molecule has 1 aromatic carbocycles. The van der Waals surface area contributed by atoms with E-state index in [1.807, 2.05) is 48.6 Å². The van der Waals surface area contributed by atoms with E-state index in [1.165, 1.54) is 0 Å². The van der Waals surface area contributed by atoms with E-state index < -0.39 is 0 Å². The smallest absolute Gasteiger partial charge is 0.322 e. The molecule has 2 heterocycles. The molecule has 0 unspecified atom stereocenters. The third kappa shape index (κ3) is 3.21. The lowest BCUT2D eigenvalue weighted by atomic mass is 10.3. The Labute approximate surface area is 129 Å². The number of nitrogens with one attached hydrogen (secondary N) is 1. The van der Waals surface area contributed by atoms with E-state index >= 15 is 0 Å². The van der Waals surface area contributed by atoms with Gasteiger partial charge in [0.2, 0.25) is 0 Å². The van der Waals surface area contributed by atoms with Gasteiger partial charge in [0.25, 0.3) is 0 Å². The zero-order valence-corrected chi connectivity index (χ0v) is 12.7. The molecule has 0 spiro atoms. The average molecular weight is 300 g/mol. The van der Waals surface area contributed by atoms with Crippen LogP contribution in [0.4, 0.5) is 10.5 Å². The van der Waals surface area contributed by atoms with Gasteiger partial charge in [0.15, 0.2) is 0 Å². The molecule has 2 aromatic rings. The minimum Gasteiger partial charge on any atom is -0.494 e. The molecule has 2 amide bonds. The van der Waals surface area contributed by atoms with Crippen LogP contribution in [0.1, 0.15) is 19.0 Å². The molecule has 3 rings (SSSR count). The normalized spacial score (nSPS) is 14.1. The number of aromatic nitrogens is 2. The molecule has 1 aliphatic rings. The van der Waals surface area contributed by atoms with Crippen molar-refractivity contribution >= 4 is 11.7 Å². The molecule has 22 heavy (non-hydrogen) atoms. The quantitative estimate of drug-likeness (QED) is 0.948. The highest BCUT2D eigenvalue weighted by Crippen LogP contribution is 2.17. The maximum Gasteiger partial charge on any atom is 0.322 e. The summed E-state index contributed by atoms with van der Waals surface area (Å²) in [5.74, 6) is 0.805. The molecular weight excluding hydrogens is 280 g/mol. The van der Waals surface area contributed by atoms with Crippen molar-refractivity contribution in [2.45, 2.75) is 26.4 Å². The number of anilines is 1. The van der Waals surface area contributed by atoms with Crippen molar-refractivity contribution in [3.63, 3.8) is 0 Å². The maximum absolute atomic E-state index is 12.4. The van der Waals surface area contributed by atoms with E-state index in [9.17, 15) is 4.79 Å². The van der Waals surface area contributed by atoms with Crippen molar-refractivity contribution in [3.05, 3.63) is 42.5 Å². The molecule has 0 aliphatic carbocycles. The fraction of sp³-hybridized carbons (Fsp3) is 0.375. The van der Waals surface area contributed by atoms with Gasteiger partial charge in [-0.3, -0.25) is 0 Å². The number of imidazole rings is 1. The van der Waals surface area contributed by atoms with Crippen molar-refractivity contribution in [2.75, 3.05) is 18.5 Å². The Morgan fingerprint density at radius 3 is 2.91 bits per heavy atom. The van der Waals surface area contributed by atoms with E-state index in [1.54, 1.807) is 0 Å². The van der Waals surface area contributed by atoms with Crippen LogP contribution >= 0.6 is 0 Å². The van der Waals surface area contributed by atoms with Crippen LogP contribution in [0.5, 0.6) is 5.75 Å². The van der Waals surface area contributed by atoms with Gasteiger partial charge in [-0.25, -0.2) is 9.78 Å². The second kappa shape index (κ2) is 6.51. The predicted octanol–water partition coefficient (Wildman–Crippen LogP) is 2.72. The van der Waals surface area contributed by atoms with Gasteiger partial charge in [0.1, 0.15) is 5.75 Å². The molecule has 1 aliphatic heterocycles. The standard InChI is InChI=1S/C16H20N4O2/c1-2-22-15-6-4-13(5-7-15)18-16(21)19-8-3-9-20-12-17-10-14(20)11-19/h4-7,10,12H,2-3,8-9,11H2,1H3,(H,18,21). The highest BCUT2D eigenvalue weighted by molar-refractivity contribution is 5.89. The van der Waals surface area contributed by atoms with Gasteiger partial charge in [-0.1, -0.05) is 0 Å². The van der Waals surface area contributed by atoms with Crippen LogP contribution in [-0.2, 0) is 13.1 Å². The van der Waals surface area contributed by atoms with E-state index in [4.69, 9.17) is 4.74 Å². The average Bonchev–Trinajstić information content (AvgIpc) is 2.86. The number of benzene rings is 1. The lowest BCUT2D eigenvalue weighted by Gasteiger charge is -2.20. The Morgan fingerprint density at radius 1 is 1.32 bits per heavy atom. The predicted molar refractivity (Wildman–Crippen MR) is 83.9 cm³/mol. The van der Waals surface area contributed by atoms with Crippen molar-refractivity contribution in [3.8, 4) is 5.75 Å². The first-order chi connectivity index (χ1) is 10.8. The third-order valence-electron chi connectivity index (χ3n) is 3.68. The number of amides is 2. The van der Waals surface area contributed by atoms with E-state index in [0.717, 1.165) is 36.6 Å². The van der Waals surface area contributed by atoms with Crippen molar-refractivity contribution in [2.24, 2.45) is 0 Å². The molecule has 0 atom stereocenters. The van der Waals surface area contributed by atoms with Crippen LogP contribution in [0.3, 0.4) is 0 Å². The van der Waals surface area contributed by atoms with Gasteiger partial charge in [-0.05, 0) is 37.6 Å². The molecule has 0 bridgehead atoms. The van der Waals surface area contributed by atoms with Crippen molar-refractivity contribution < 1.29 is 9.53 Å². The highest BCUT2D eigenvalue weighted by Gasteiger charge is 2.19. The number of hydrogen-bond donors (Lipinski definition) is 1. The van der Waals surface area contributed by atoms with E-state index in [2.05, 4.69) is 14.9 Å². The summed E-state index contributed by atoms with van der Waals surface area (Å²) in [6.07, 6.45) is 4.58. The molecular formula is C16H20N4O2. The minimum atomic E-state index is -0.0844. The highest BCUT2D eigenvalue weighted by atomic mass is 16.5. The molecule has 1 N–H and O–H groups in total. The van der Waals surface area contributed by atoms with Gasteiger partial charge >= 0.3 is 6.03 Å². The number of fused-ring (bicyclic) bond motifs is 1. The number of hydrogen-bond acceptors (Lipinski definition) is 3. The van der Waals surface area contributed by atoms with Crippen molar-refractivity contribution in [1.82, 2.24) is 14.5 Å². The first kappa shape index (κ1) is 14.4. The van der Waals surface area contributed by atoms with Gasteiger partial charge in [0.05, 0.1) is 25.2 Å². The topological polar surface area (TPSA) is 59.4 Å². The lowest BCUT2D eigenvalue weighted by Crippen LogP contribution is -2.34. The number of rotatable bonds is 3. The Bertz CT molecular complexity index is 636. The molecule has 6 heteroatoms. The first-order valence-corrected chi connectivity index (χ1v) is 7.54. The number of carbonyl (C=O) groups excluding carboxylic acids is 1. The molecule has 0 radical (unpaired) electrons. The molecule has 1 aromatic heterocycles. The van der Waals surface area contributed by atoms with Gasteiger partial charge < -0.3 is 19.5 Å². The molecule has 116 valence electrons. The third-order valence-corrected chi connectivity index (χ3v) is 3.68. The van der Waals surface area contributed by atoms with Crippen LogP contribution in [0, 0.1) is 0 Å². The molecule has 0 fully saturated rings. The fourth-order valence-corrected chi connectivity index (χ4v) is 2.56. The maximum atomic E-state index is 12.4. The number of nitrogens with zero attached hydrogens (tertiary/aromatic N) is 3. The largest absolute Gasteiger partial charge is 0.494 e. The number of urea groups is 1. The summed E-state index contributed by atoms with van der Waals surface area (Å²) in [6.45, 7) is 4.81. The van der Waals surface area contributed by atoms with Gasteiger partial charge in [-0.2, -0.15) is 0 Å².